The van der Waals surface area contributed by atoms with Crippen LogP contribution in [0.1, 0.15) is 300 Å². The highest BCUT2D eigenvalue weighted by atomic mass is 16.6. The van der Waals surface area contributed by atoms with E-state index in [1.165, 1.54) is 282 Å². The third-order valence-corrected chi connectivity index (χ3v) is 38.0. The second-order valence-electron chi connectivity index (χ2n) is 42.2. The number of aromatic nitrogens is 6. The number of aromatic amines is 1. The van der Waals surface area contributed by atoms with Gasteiger partial charge >= 0.3 is 0 Å². The minimum atomic E-state index is -0.488. The van der Waals surface area contributed by atoms with E-state index in [-0.39, 0.29) is 0 Å². The Morgan fingerprint density at radius 3 is 0.984 bits per heavy atom. The van der Waals surface area contributed by atoms with E-state index in [0.717, 1.165) is 19.4 Å². The van der Waals surface area contributed by atoms with Gasteiger partial charge in [0.25, 0.3) is 0 Å². The molecule has 122 heavy (non-hydrogen) atoms. The zero-order valence-corrected chi connectivity index (χ0v) is 82.5. The summed E-state index contributed by atoms with van der Waals surface area (Å²) < 4.78 is 28.1. The van der Waals surface area contributed by atoms with Crippen molar-refractivity contribution < 1.29 is 9.47 Å². The van der Waals surface area contributed by atoms with Crippen molar-refractivity contribution >= 4 is 131 Å². The summed E-state index contributed by atoms with van der Waals surface area (Å²) in [5.41, 5.74) is 58.6. The molecule has 15 aromatic rings. The molecule has 10 nitrogen and oxygen atoms in total. The Morgan fingerprint density at radius 1 is 0.287 bits per heavy atom. The van der Waals surface area contributed by atoms with Gasteiger partial charge in [0.2, 0.25) is 0 Å². The number of hydrogen-bond acceptors (Lipinski definition) is 4. The highest BCUT2D eigenvalue weighted by Gasteiger charge is 2.57. The normalized spacial score (nSPS) is 25.4. The molecule has 5 aliphatic heterocycles. The maximum Gasteiger partial charge on any atom is 0.148 e. The van der Waals surface area contributed by atoms with Crippen LogP contribution in [0.15, 0.2) is 0 Å². The molecule has 2 bridgehead atoms. The van der Waals surface area contributed by atoms with Gasteiger partial charge in [-0.1, -0.05) is 41.5 Å². The van der Waals surface area contributed by atoms with Crippen molar-refractivity contribution in [1.82, 2.24) is 37.6 Å². The summed E-state index contributed by atoms with van der Waals surface area (Å²) in [5.74, 6) is 2.71. The average molecular weight is 1630 g/mol. The van der Waals surface area contributed by atoms with Gasteiger partial charge in [-0.05, 0) is 433 Å². The predicted molar refractivity (Wildman–Crippen MR) is 524 cm³/mol. The van der Waals surface area contributed by atoms with Crippen LogP contribution in [0.25, 0.3) is 131 Å². The minimum Gasteiger partial charge on any atom is -0.355 e. The van der Waals surface area contributed by atoms with Gasteiger partial charge in [0.15, 0.2) is 0 Å². The van der Waals surface area contributed by atoms with E-state index >= 15 is 0 Å². The molecule has 6 aromatic heterocycles. The molecule has 6 aliphatic rings. The van der Waals surface area contributed by atoms with Crippen molar-refractivity contribution in [2.75, 3.05) is 20.7 Å². The van der Waals surface area contributed by atoms with Gasteiger partial charge in [0.1, 0.15) is 17.2 Å². The monoisotopic (exact) mass is 1630 g/mol. The van der Waals surface area contributed by atoms with Crippen molar-refractivity contribution in [3.05, 3.63) is 167 Å². The Hall–Kier alpha value is -8.38. The molecule has 2 saturated heterocycles. The number of nitrogens with one attached hydrogen (secondary N) is 1. The summed E-state index contributed by atoms with van der Waals surface area (Å²) in [6, 6.07) is 1.37. The van der Waals surface area contributed by atoms with E-state index in [4.69, 9.17) is 9.47 Å². The van der Waals surface area contributed by atoms with Gasteiger partial charge in [0, 0.05) is 121 Å². The van der Waals surface area contributed by atoms with Gasteiger partial charge in [-0.15, -0.1) is 0 Å². The highest BCUT2D eigenvalue weighted by Crippen LogP contribution is 2.64. The largest absolute Gasteiger partial charge is 0.355 e. The number of hydrogen-bond donors (Lipinski definition) is 1. The number of ether oxygens (including phenoxy) is 2. The summed E-state index contributed by atoms with van der Waals surface area (Å²) >= 11 is 0. The lowest BCUT2D eigenvalue weighted by Crippen LogP contribution is -2.55. The van der Waals surface area contributed by atoms with Gasteiger partial charge in [-0.25, -0.2) is 0 Å². The second-order valence-corrected chi connectivity index (χ2v) is 42.2. The van der Waals surface area contributed by atoms with E-state index in [9.17, 15) is 0 Å². The Balaban J connectivity index is 0.000000121. The molecule has 1 N–H and O–H groups in total. The smallest absolute Gasteiger partial charge is 0.148 e. The zero-order valence-electron chi connectivity index (χ0n) is 82.5. The number of fused-ring (bicyclic) bond motifs is 33. The summed E-state index contributed by atoms with van der Waals surface area (Å²) in [7, 11) is 9.24. The molecule has 10 heteroatoms. The lowest BCUT2D eigenvalue weighted by Gasteiger charge is -2.52. The molecule has 0 spiro atoms. The molecule has 642 valence electrons. The van der Waals surface area contributed by atoms with Crippen LogP contribution < -0.4 is 0 Å². The van der Waals surface area contributed by atoms with Crippen LogP contribution in [-0.4, -0.2) is 58.3 Å². The van der Waals surface area contributed by atoms with Crippen molar-refractivity contribution in [3.8, 4) is 0 Å². The van der Waals surface area contributed by atoms with Crippen LogP contribution in [0.4, 0.5) is 0 Å². The fourth-order valence-corrected chi connectivity index (χ4v) is 27.3. The van der Waals surface area contributed by atoms with Crippen LogP contribution in [-0.2, 0) is 47.2 Å². The van der Waals surface area contributed by atoms with Gasteiger partial charge in [-0.2, -0.15) is 0 Å². The minimum absolute atomic E-state index is 0.307. The average Bonchev–Trinajstić information content (AvgIpc) is 1.49. The standard InChI is InChI=1S/C40H53N3O.C39H48N2O.C33H41N3/c1-17-16-44-40(14,27(11)18(17)2)43-38-26(10)22(6)20(4)24(8)31(38)35-33-29(13)42(15)28(12)32(33)34-30-23(7)19(3)21(5)25(9)36(30)41-37(34)39(35)43;1-17-14-15-28-29(17)33-31-25(9)21(5)23(7)27(11)35(31)41-37(33)36-32(28)30-24(8)20(4)22(6)26(10)34(30)40(36)38(12)18(2)16-19(3)39(41,13)42-38;1-14-16(3)20(7)30-24(18(14)5)28-26-22(9)34(11)23(10)27(26)29-25-19(6)15(2)17(4)21(8)31(25)36(13)33(29)32(28)35(30)12/h17-18,27-29,41H,16H2,1-15H3;17-19H,14-16H2,1-13H3;22-23H,1-13H3. The lowest BCUT2D eigenvalue weighted by atomic mass is 9.77. The number of aryl methyl sites for hydroxylation is 15. The SMILES string of the molecule is Cc1c(C)c(C)c2c([nH]c3c2c2c(c4c5c(C)c(C)c(C)c(C)c5n(C5(C)OCC(C)C(C)C5C)c34)C(C)N(C)C2C)c1C.Cc1c(C)c(C)c2c(c1C)c1c3c(c4c5c(C)c(C)c(C)c(C)c5n(C)c4c1n2C)C(C)N(C)C3C.Cc1c(C)c(C)c2c(c1C)c1c3c(c4c5c(C)c(C)c(C)c(C)c5n5c4c1n2C1(C)OC5(C)C(C)CC1C)C(C)CC3. The molecular formula is C112H142N8O2. The van der Waals surface area contributed by atoms with Crippen LogP contribution >= 0.6 is 0 Å². The van der Waals surface area contributed by atoms with Crippen molar-refractivity contribution in [2.24, 2.45) is 43.7 Å². The fraction of sp³-hybridized carbons (Fsp3) is 0.518. The molecule has 1 aliphatic carbocycles. The molecule has 13 atom stereocenters. The molecule has 13 unspecified atom stereocenters. The first-order valence-corrected chi connectivity index (χ1v) is 46.9. The van der Waals surface area contributed by atoms with E-state index in [1.54, 1.807) is 22.3 Å². The summed E-state index contributed by atoms with van der Waals surface area (Å²) in [5, 5.41) is 17.6. The highest BCUT2D eigenvalue weighted by molar-refractivity contribution is 6.31. The molecule has 11 heterocycles. The van der Waals surface area contributed by atoms with Crippen molar-refractivity contribution in [1.29, 1.82) is 0 Å². The topological polar surface area (TPSA) is 65.4 Å². The summed E-state index contributed by atoms with van der Waals surface area (Å²) in [6.45, 7) is 88.2. The Labute approximate surface area is 727 Å². The fourth-order valence-electron chi connectivity index (χ4n) is 27.3. The van der Waals surface area contributed by atoms with Crippen molar-refractivity contribution in [3.63, 3.8) is 0 Å². The summed E-state index contributed by atoms with van der Waals surface area (Å²) in [4.78, 5) is 9.31. The van der Waals surface area contributed by atoms with Crippen molar-refractivity contribution in [2.45, 2.75) is 323 Å². The quantitative estimate of drug-likeness (QED) is 0.178. The third kappa shape index (κ3) is 9.63. The maximum atomic E-state index is 7.76. The van der Waals surface area contributed by atoms with E-state index in [2.05, 4.69) is 322 Å². The molecule has 0 amide bonds. The van der Waals surface area contributed by atoms with Gasteiger partial charge in [0.05, 0.1) is 72.8 Å². The van der Waals surface area contributed by atoms with Crippen LogP contribution in [0, 0.1) is 196 Å². The Bertz CT molecular complexity index is 7240. The van der Waals surface area contributed by atoms with E-state index in [0.29, 0.717) is 59.7 Å². The number of nitrogens with zero attached hydrogens (tertiary/aromatic N) is 7. The lowest BCUT2D eigenvalue weighted by molar-refractivity contribution is -0.290. The van der Waals surface area contributed by atoms with E-state index in [1.807, 2.05) is 0 Å². The zero-order chi connectivity index (χ0) is 88.4. The van der Waals surface area contributed by atoms with Gasteiger partial charge in [-0.3, -0.25) is 9.80 Å². The third-order valence-electron chi connectivity index (χ3n) is 38.0. The van der Waals surface area contributed by atoms with Crippen LogP contribution in [0.2, 0.25) is 0 Å². The Kier molecular flexibility index (Phi) is 18.1. The van der Waals surface area contributed by atoms with Crippen LogP contribution in [0.3, 0.4) is 0 Å². The Morgan fingerprint density at radius 2 is 0.590 bits per heavy atom. The molecule has 21 rings (SSSR count). The first-order chi connectivity index (χ1) is 57.1. The first-order valence-electron chi connectivity index (χ1n) is 46.9. The van der Waals surface area contributed by atoms with Gasteiger partial charge < -0.3 is 37.3 Å². The number of H-pyrrole nitrogens is 1. The first kappa shape index (κ1) is 83.2. The van der Waals surface area contributed by atoms with Crippen LogP contribution in [0.5, 0.6) is 0 Å². The second kappa shape index (κ2) is 26.6. The molecule has 0 radical (unpaired) electrons. The maximum absolute atomic E-state index is 7.76. The molecule has 2 fully saturated rings. The number of benzene rings is 9. The predicted octanol–water partition coefficient (Wildman–Crippen LogP) is 29.6. The molecule has 9 aromatic carbocycles. The number of rotatable bonds is 1. The summed E-state index contributed by atoms with van der Waals surface area (Å²) in [6.07, 6.45) is 3.52. The molecular weight excluding hydrogens is 1490 g/mol. The molecule has 0 saturated carbocycles. The van der Waals surface area contributed by atoms with E-state index < -0.39 is 17.2 Å².